The van der Waals surface area contributed by atoms with Crippen molar-refractivity contribution < 1.29 is 5.11 Å². The average Bonchev–Trinajstić information content (AvgIpc) is 2.00. The van der Waals surface area contributed by atoms with Gasteiger partial charge in [-0.3, -0.25) is 0 Å². The summed E-state index contributed by atoms with van der Waals surface area (Å²) >= 11 is 0. The Labute approximate surface area is 75.6 Å². The SMILES string of the molecule is CCC(CCO)CN1CC(C)C1. The highest BCUT2D eigenvalue weighted by atomic mass is 16.3. The summed E-state index contributed by atoms with van der Waals surface area (Å²) in [5.41, 5.74) is 0. The molecule has 0 radical (unpaired) electrons. The third-order valence-electron chi connectivity index (χ3n) is 2.77. The fourth-order valence-electron chi connectivity index (χ4n) is 1.95. The van der Waals surface area contributed by atoms with Crippen LogP contribution in [-0.4, -0.2) is 36.2 Å². The largest absolute Gasteiger partial charge is 0.396 e. The molecule has 1 atom stereocenters. The minimum Gasteiger partial charge on any atom is -0.396 e. The Morgan fingerprint density at radius 2 is 2.17 bits per heavy atom. The van der Waals surface area contributed by atoms with Gasteiger partial charge >= 0.3 is 0 Å². The number of rotatable bonds is 5. The number of aliphatic hydroxyl groups is 1. The van der Waals surface area contributed by atoms with Crippen molar-refractivity contribution in [2.45, 2.75) is 26.7 Å². The number of hydrogen-bond donors (Lipinski definition) is 1. The summed E-state index contributed by atoms with van der Waals surface area (Å²) in [6.07, 6.45) is 2.17. The molecule has 1 saturated heterocycles. The van der Waals surface area contributed by atoms with E-state index in [1.54, 1.807) is 0 Å². The summed E-state index contributed by atoms with van der Waals surface area (Å²) in [6, 6.07) is 0. The third kappa shape index (κ3) is 2.76. The lowest BCUT2D eigenvalue weighted by molar-refractivity contribution is 0.0842. The molecule has 0 aromatic rings. The minimum absolute atomic E-state index is 0.349. The van der Waals surface area contributed by atoms with Gasteiger partial charge in [-0.1, -0.05) is 20.3 Å². The molecule has 1 heterocycles. The molecule has 1 aliphatic rings. The monoisotopic (exact) mass is 171 g/mol. The van der Waals surface area contributed by atoms with E-state index in [0.29, 0.717) is 12.5 Å². The average molecular weight is 171 g/mol. The van der Waals surface area contributed by atoms with E-state index in [-0.39, 0.29) is 0 Å². The smallest absolute Gasteiger partial charge is 0.0434 e. The van der Waals surface area contributed by atoms with Gasteiger partial charge in [-0.2, -0.15) is 0 Å². The lowest BCUT2D eigenvalue weighted by Gasteiger charge is -2.39. The second-order valence-corrected chi connectivity index (χ2v) is 4.11. The van der Waals surface area contributed by atoms with Gasteiger partial charge < -0.3 is 10.0 Å². The highest BCUT2D eigenvalue weighted by molar-refractivity contribution is 4.77. The molecule has 1 unspecified atom stereocenters. The van der Waals surface area contributed by atoms with Crippen molar-refractivity contribution in [3.63, 3.8) is 0 Å². The van der Waals surface area contributed by atoms with E-state index >= 15 is 0 Å². The Hall–Kier alpha value is -0.0800. The molecule has 2 nitrogen and oxygen atoms in total. The van der Waals surface area contributed by atoms with Gasteiger partial charge in [0.2, 0.25) is 0 Å². The van der Waals surface area contributed by atoms with E-state index < -0.39 is 0 Å². The van der Waals surface area contributed by atoms with E-state index in [9.17, 15) is 0 Å². The van der Waals surface area contributed by atoms with Crippen LogP contribution in [0.15, 0.2) is 0 Å². The van der Waals surface area contributed by atoms with Crippen LogP contribution in [0.5, 0.6) is 0 Å². The Morgan fingerprint density at radius 3 is 2.58 bits per heavy atom. The zero-order valence-corrected chi connectivity index (χ0v) is 8.29. The molecule has 0 aromatic carbocycles. The van der Waals surface area contributed by atoms with Crippen LogP contribution >= 0.6 is 0 Å². The van der Waals surface area contributed by atoms with E-state index in [1.807, 2.05) is 0 Å². The van der Waals surface area contributed by atoms with E-state index in [1.165, 1.54) is 26.1 Å². The molecule has 2 heteroatoms. The van der Waals surface area contributed by atoms with Crippen molar-refractivity contribution in [3.05, 3.63) is 0 Å². The number of aliphatic hydroxyl groups excluding tert-OH is 1. The Morgan fingerprint density at radius 1 is 1.50 bits per heavy atom. The van der Waals surface area contributed by atoms with Crippen LogP contribution in [0.3, 0.4) is 0 Å². The first-order valence-electron chi connectivity index (χ1n) is 5.09. The molecule has 0 bridgehead atoms. The predicted octanol–water partition coefficient (Wildman–Crippen LogP) is 1.35. The van der Waals surface area contributed by atoms with Gasteiger partial charge in [0, 0.05) is 26.2 Å². The second-order valence-electron chi connectivity index (χ2n) is 4.11. The zero-order valence-electron chi connectivity index (χ0n) is 8.29. The molecule has 1 aliphatic heterocycles. The summed E-state index contributed by atoms with van der Waals surface area (Å²) in [5.74, 6) is 1.61. The van der Waals surface area contributed by atoms with Crippen LogP contribution in [0, 0.1) is 11.8 Å². The predicted molar refractivity (Wildman–Crippen MR) is 51.1 cm³/mol. The van der Waals surface area contributed by atoms with Crippen molar-refractivity contribution in [2.24, 2.45) is 11.8 Å². The number of nitrogens with zero attached hydrogens (tertiary/aromatic N) is 1. The molecule has 0 aliphatic carbocycles. The van der Waals surface area contributed by atoms with Crippen LogP contribution in [0.2, 0.25) is 0 Å². The zero-order chi connectivity index (χ0) is 8.97. The van der Waals surface area contributed by atoms with Gasteiger partial charge in [0.05, 0.1) is 0 Å². The topological polar surface area (TPSA) is 23.5 Å². The Bertz CT molecular complexity index is 121. The maximum atomic E-state index is 8.80. The molecule has 0 amide bonds. The lowest BCUT2D eigenvalue weighted by atomic mass is 9.97. The van der Waals surface area contributed by atoms with Crippen molar-refractivity contribution >= 4 is 0 Å². The summed E-state index contributed by atoms with van der Waals surface area (Å²) in [4.78, 5) is 2.49. The number of likely N-dealkylation sites (tertiary alicyclic amines) is 1. The summed E-state index contributed by atoms with van der Waals surface area (Å²) < 4.78 is 0. The van der Waals surface area contributed by atoms with Gasteiger partial charge in [0.1, 0.15) is 0 Å². The standard InChI is InChI=1S/C10H21NO/c1-3-10(4-5-12)8-11-6-9(2)7-11/h9-10,12H,3-8H2,1-2H3. The maximum Gasteiger partial charge on any atom is 0.0434 e. The normalized spacial score (nSPS) is 22.2. The van der Waals surface area contributed by atoms with Crippen LogP contribution < -0.4 is 0 Å². The fraction of sp³-hybridized carbons (Fsp3) is 1.00. The molecular weight excluding hydrogens is 150 g/mol. The molecule has 0 aromatic heterocycles. The summed E-state index contributed by atoms with van der Waals surface area (Å²) in [6.45, 7) is 8.58. The highest BCUT2D eigenvalue weighted by Gasteiger charge is 2.23. The molecule has 12 heavy (non-hydrogen) atoms. The minimum atomic E-state index is 0.349. The third-order valence-corrected chi connectivity index (χ3v) is 2.77. The first-order chi connectivity index (χ1) is 5.76. The van der Waals surface area contributed by atoms with Crippen molar-refractivity contribution in [1.82, 2.24) is 4.90 Å². The van der Waals surface area contributed by atoms with Gasteiger partial charge in [-0.15, -0.1) is 0 Å². The highest BCUT2D eigenvalue weighted by Crippen LogP contribution is 2.18. The van der Waals surface area contributed by atoms with E-state index in [0.717, 1.165) is 12.3 Å². The van der Waals surface area contributed by atoms with Crippen LogP contribution in [0.4, 0.5) is 0 Å². The molecule has 1 fully saturated rings. The fourth-order valence-corrected chi connectivity index (χ4v) is 1.95. The summed E-state index contributed by atoms with van der Waals surface area (Å²) in [5, 5.41) is 8.80. The van der Waals surface area contributed by atoms with E-state index in [2.05, 4.69) is 18.7 Å². The van der Waals surface area contributed by atoms with Crippen LogP contribution in [0.25, 0.3) is 0 Å². The van der Waals surface area contributed by atoms with Crippen LogP contribution in [0.1, 0.15) is 26.7 Å². The quantitative estimate of drug-likeness (QED) is 0.675. The van der Waals surface area contributed by atoms with Gasteiger partial charge in [0.15, 0.2) is 0 Å². The van der Waals surface area contributed by atoms with Crippen molar-refractivity contribution in [1.29, 1.82) is 0 Å². The Balaban J connectivity index is 2.10. The maximum absolute atomic E-state index is 8.80. The van der Waals surface area contributed by atoms with E-state index in [4.69, 9.17) is 5.11 Å². The molecule has 72 valence electrons. The molecule has 1 N–H and O–H groups in total. The molecule has 0 spiro atoms. The van der Waals surface area contributed by atoms with Gasteiger partial charge in [-0.25, -0.2) is 0 Å². The van der Waals surface area contributed by atoms with Crippen LogP contribution in [-0.2, 0) is 0 Å². The van der Waals surface area contributed by atoms with Crippen molar-refractivity contribution in [2.75, 3.05) is 26.2 Å². The molecular formula is C10H21NO. The van der Waals surface area contributed by atoms with Gasteiger partial charge in [-0.05, 0) is 18.3 Å². The first-order valence-corrected chi connectivity index (χ1v) is 5.09. The number of hydrogen-bond acceptors (Lipinski definition) is 2. The molecule has 0 saturated carbocycles. The van der Waals surface area contributed by atoms with Crippen molar-refractivity contribution in [3.8, 4) is 0 Å². The summed E-state index contributed by atoms with van der Waals surface area (Å²) in [7, 11) is 0. The second kappa shape index (κ2) is 4.83. The van der Waals surface area contributed by atoms with Gasteiger partial charge in [0.25, 0.3) is 0 Å². The first kappa shape index (κ1) is 10.0. The lowest BCUT2D eigenvalue weighted by Crippen LogP contribution is -2.47. The Kier molecular flexibility index (Phi) is 4.02. The molecule has 1 rings (SSSR count).